The van der Waals surface area contributed by atoms with Gasteiger partial charge in [0.25, 0.3) is 0 Å². The molecule has 2 aliphatic rings. The zero-order chi connectivity index (χ0) is 8.16. The van der Waals surface area contributed by atoms with Crippen molar-refractivity contribution in [2.45, 2.75) is 32.6 Å². The number of hydrogen-bond donors (Lipinski definition) is 0. The third-order valence-electron chi connectivity index (χ3n) is 2.36. The summed E-state index contributed by atoms with van der Waals surface area (Å²) in [5, 5.41) is 0. The van der Waals surface area contributed by atoms with Gasteiger partial charge in [-0.2, -0.15) is 0 Å². The highest BCUT2D eigenvalue weighted by molar-refractivity contribution is 4.94. The molecule has 0 unspecified atom stereocenters. The van der Waals surface area contributed by atoms with Crippen molar-refractivity contribution in [2.75, 3.05) is 13.2 Å². The Balaban J connectivity index is 0.000000179. The van der Waals surface area contributed by atoms with Crippen molar-refractivity contribution in [3.05, 3.63) is 12.7 Å². The molecule has 0 radical (unpaired) electrons. The van der Waals surface area contributed by atoms with E-state index in [1.54, 1.807) is 6.08 Å². The summed E-state index contributed by atoms with van der Waals surface area (Å²) in [6.07, 6.45) is 7.37. The van der Waals surface area contributed by atoms with Crippen molar-refractivity contribution in [3.8, 4) is 0 Å². The highest BCUT2D eigenvalue weighted by atomic mass is 16.5. The smallest absolute Gasteiger partial charge is 0.0522 e. The molecule has 1 saturated heterocycles. The van der Waals surface area contributed by atoms with E-state index >= 15 is 0 Å². The van der Waals surface area contributed by atoms with Crippen LogP contribution in [-0.4, -0.2) is 13.2 Å². The fourth-order valence-corrected chi connectivity index (χ4v) is 1.48. The van der Waals surface area contributed by atoms with E-state index in [2.05, 4.69) is 6.58 Å². The molecular formula is C10H18O. The second-order valence-electron chi connectivity index (χ2n) is 3.56. The van der Waals surface area contributed by atoms with E-state index in [1.807, 2.05) is 6.92 Å². The topological polar surface area (TPSA) is 9.23 Å². The van der Waals surface area contributed by atoms with E-state index in [4.69, 9.17) is 4.74 Å². The maximum atomic E-state index is 5.35. The molecule has 64 valence electrons. The van der Waals surface area contributed by atoms with Crippen molar-refractivity contribution >= 4 is 0 Å². The van der Waals surface area contributed by atoms with Crippen LogP contribution in [0.1, 0.15) is 32.6 Å². The SMILES string of the molecule is C1COCC2(C1)CC2.C=CC. The van der Waals surface area contributed by atoms with Crippen LogP contribution in [0, 0.1) is 5.41 Å². The Morgan fingerprint density at radius 3 is 2.27 bits per heavy atom. The third-order valence-corrected chi connectivity index (χ3v) is 2.36. The molecule has 1 aliphatic heterocycles. The summed E-state index contributed by atoms with van der Waals surface area (Å²) >= 11 is 0. The summed E-state index contributed by atoms with van der Waals surface area (Å²) in [7, 11) is 0. The molecule has 0 atom stereocenters. The monoisotopic (exact) mass is 154 g/mol. The van der Waals surface area contributed by atoms with E-state index < -0.39 is 0 Å². The Kier molecular flexibility index (Phi) is 3.13. The first-order valence-electron chi connectivity index (χ1n) is 4.48. The molecule has 0 amide bonds. The molecule has 0 aromatic carbocycles. The molecule has 1 nitrogen and oxygen atoms in total. The van der Waals surface area contributed by atoms with Gasteiger partial charge in [-0.3, -0.25) is 0 Å². The molecule has 0 aromatic heterocycles. The third kappa shape index (κ3) is 2.66. The number of allylic oxidation sites excluding steroid dienone is 1. The minimum Gasteiger partial charge on any atom is -0.381 e. The summed E-state index contributed by atoms with van der Waals surface area (Å²) in [4.78, 5) is 0. The highest BCUT2D eigenvalue weighted by Crippen LogP contribution is 2.51. The maximum Gasteiger partial charge on any atom is 0.0522 e. The second kappa shape index (κ2) is 3.91. The zero-order valence-electron chi connectivity index (χ0n) is 7.44. The number of ether oxygens (including phenoxy) is 1. The van der Waals surface area contributed by atoms with E-state index in [-0.39, 0.29) is 0 Å². The fourth-order valence-electron chi connectivity index (χ4n) is 1.48. The normalized spacial score (nSPS) is 25.2. The largest absolute Gasteiger partial charge is 0.381 e. The lowest BCUT2D eigenvalue weighted by Gasteiger charge is -2.20. The standard InChI is InChI=1S/C7H12O.C3H6/c1-2-7(3-4-7)6-8-5-1;1-3-2/h1-6H2;3H,1H2,2H3. The summed E-state index contributed by atoms with van der Waals surface area (Å²) in [6.45, 7) is 7.33. The average Bonchev–Trinajstić information content (AvgIpc) is 2.73. The maximum absolute atomic E-state index is 5.35. The van der Waals surface area contributed by atoms with Gasteiger partial charge in [-0.15, -0.1) is 6.58 Å². The molecule has 11 heavy (non-hydrogen) atoms. The fraction of sp³-hybridized carbons (Fsp3) is 0.800. The van der Waals surface area contributed by atoms with E-state index in [0.717, 1.165) is 13.2 Å². The molecule has 0 N–H and O–H groups in total. The Morgan fingerprint density at radius 1 is 1.36 bits per heavy atom. The summed E-state index contributed by atoms with van der Waals surface area (Å²) in [5.41, 5.74) is 0.707. The molecule has 1 heterocycles. The Labute approximate surface area is 69.4 Å². The first-order valence-corrected chi connectivity index (χ1v) is 4.48. The van der Waals surface area contributed by atoms with Gasteiger partial charge in [0.15, 0.2) is 0 Å². The first kappa shape index (κ1) is 8.79. The van der Waals surface area contributed by atoms with Crippen molar-refractivity contribution in [3.63, 3.8) is 0 Å². The van der Waals surface area contributed by atoms with Crippen LogP contribution in [0.25, 0.3) is 0 Å². The van der Waals surface area contributed by atoms with Crippen molar-refractivity contribution in [1.29, 1.82) is 0 Å². The van der Waals surface area contributed by atoms with E-state index in [9.17, 15) is 0 Å². The van der Waals surface area contributed by atoms with Crippen LogP contribution < -0.4 is 0 Å². The Morgan fingerprint density at radius 2 is 2.00 bits per heavy atom. The van der Waals surface area contributed by atoms with Crippen molar-refractivity contribution in [1.82, 2.24) is 0 Å². The highest BCUT2D eigenvalue weighted by Gasteiger charge is 2.43. The molecule has 1 spiro atoms. The second-order valence-corrected chi connectivity index (χ2v) is 3.56. The minimum absolute atomic E-state index is 0.707. The molecule has 1 saturated carbocycles. The van der Waals surface area contributed by atoms with Crippen LogP contribution in [0.4, 0.5) is 0 Å². The van der Waals surface area contributed by atoms with Gasteiger partial charge in [0.1, 0.15) is 0 Å². The average molecular weight is 154 g/mol. The van der Waals surface area contributed by atoms with Gasteiger partial charge >= 0.3 is 0 Å². The molecule has 1 aliphatic carbocycles. The van der Waals surface area contributed by atoms with Crippen LogP contribution in [0.2, 0.25) is 0 Å². The Bertz CT molecular complexity index is 117. The predicted octanol–water partition coefficient (Wildman–Crippen LogP) is 2.77. The Hall–Kier alpha value is -0.300. The lowest BCUT2D eigenvalue weighted by molar-refractivity contribution is 0.0436. The van der Waals surface area contributed by atoms with Gasteiger partial charge in [0.2, 0.25) is 0 Å². The van der Waals surface area contributed by atoms with E-state index in [0.29, 0.717) is 5.41 Å². The van der Waals surface area contributed by atoms with Crippen LogP contribution in [0.3, 0.4) is 0 Å². The van der Waals surface area contributed by atoms with Gasteiger partial charge in [0.05, 0.1) is 6.61 Å². The number of rotatable bonds is 0. The summed E-state index contributed by atoms with van der Waals surface area (Å²) in [6, 6.07) is 0. The molecule has 0 bridgehead atoms. The molecule has 1 heteroatoms. The van der Waals surface area contributed by atoms with E-state index in [1.165, 1.54) is 25.7 Å². The molecule has 0 aromatic rings. The predicted molar refractivity (Wildman–Crippen MR) is 47.6 cm³/mol. The summed E-state index contributed by atoms with van der Waals surface area (Å²) < 4.78 is 5.35. The van der Waals surface area contributed by atoms with Crippen molar-refractivity contribution < 1.29 is 4.74 Å². The lowest BCUT2D eigenvalue weighted by atomic mass is 10.00. The molecular weight excluding hydrogens is 136 g/mol. The number of hydrogen-bond acceptors (Lipinski definition) is 1. The minimum atomic E-state index is 0.707. The van der Waals surface area contributed by atoms with Gasteiger partial charge < -0.3 is 4.74 Å². The van der Waals surface area contributed by atoms with Crippen LogP contribution in [0.5, 0.6) is 0 Å². The van der Waals surface area contributed by atoms with Crippen LogP contribution in [0.15, 0.2) is 12.7 Å². The van der Waals surface area contributed by atoms with Gasteiger partial charge in [-0.1, -0.05) is 6.08 Å². The molecule has 2 rings (SSSR count). The first-order chi connectivity index (χ1) is 5.33. The van der Waals surface area contributed by atoms with Crippen molar-refractivity contribution in [2.24, 2.45) is 5.41 Å². The van der Waals surface area contributed by atoms with Crippen LogP contribution >= 0.6 is 0 Å². The molecule has 2 fully saturated rings. The van der Waals surface area contributed by atoms with Crippen LogP contribution in [-0.2, 0) is 4.74 Å². The van der Waals surface area contributed by atoms with Gasteiger partial charge in [-0.05, 0) is 38.0 Å². The lowest BCUT2D eigenvalue weighted by Crippen LogP contribution is -2.17. The van der Waals surface area contributed by atoms with Gasteiger partial charge in [-0.25, -0.2) is 0 Å². The van der Waals surface area contributed by atoms with Gasteiger partial charge in [0, 0.05) is 6.61 Å². The summed E-state index contributed by atoms with van der Waals surface area (Å²) in [5.74, 6) is 0. The quantitative estimate of drug-likeness (QED) is 0.487. The zero-order valence-corrected chi connectivity index (χ0v) is 7.44.